The van der Waals surface area contributed by atoms with Crippen molar-refractivity contribution >= 4 is 33.8 Å². The number of phenolic OH excluding ortho intramolecular Hbond substituents is 1. The Balaban J connectivity index is 1.71. The molecule has 0 aliphatic rings. The molecule has 3 aromatic carbocycles. The molecule has 0 heterocycles. The molecule has 0 unspecified atom stereocenters. The van der Waals surface area contributed by atoms with Crippen LogP contribution in [-0.4, -0.2) is 24.0 Å². The van der Waals surface area contributed by atoms with Crippen LogP contribution in [0, 0.1) is 0 Å². The predicted molar refractivity (Wildman–Crippen MR) is 127 cm³/mol. The van der Waals surface area contributed by atoms with Crippen LogP contribution in [0.1, 0.15) is 31.8 Å². The number of aromatic hydroxyl groups is 1. The first kappa shape index (κ1) is 23.0. The maximum absolute atomic E-state index is 12.6. The average molecular weight is 493 g/mol. The summed E-state index contributed by atoms with van der Waals surface area (Å²) in [6.07, 6.45) is 5.24. The topological polar surface area (TPSA) is 72.8 Å². The summed E-state index contributed by atoms with van der Waals surface area (Å²) in [5.74, 6) is 0.197. The van der Waals surface area contributed by atoms with Crippen LogP contribution in [0.3, 0.4) is 0 Å². The Morgan fingerprint density at radius 3 is 2.31 bits per heavy atom. The molecule has 0 spiro atoms. The number of esters is 1. The van der Waals surface area contributed by atoms with E-state index in [0.717, 1.165) is 4.47 Å². The van der Waals surface area contributed by atoms with Gasteiger partial charge in [-0.2, -0.15) is 0 Å². The van der Waals surface area contributed by atoms with E-state index in [0.29, 0.717) is 40.2 Å². The normalized spacial score (nSPS) is 10.7. The van der Waals surface area contributed by atoms with Crippen LogP contribution in [-0.2, 0) is 6.42 Å². The van der Waals surface area contributed by atoms with Crippen molar-refractivity contribution in [1.82, 2.24) is 0 Å². The highest BCUT2D eigenvalue weighted by Crippen LogP contribution is 2.30. The van der Waals surface area contributed by atoms with Crippen molar-refractivity contribution in [3.05, 3.63) is 106 Å². The van der Waals surface area contributed by atoms with Gasteiger partial charge in [0.1, 0.15) is 17.2 Å². The third-order valence-corrected chi connectivity index (χ3v) is 5.17. The van der Waals surface area contributed by atoms with Gasteiger partial charge in [-0.25, -0.2) is 4.79 Å². The van der Waals surface area contributed by atoms with Crippen molar-refractivity contribution in [2.75, 3.05) is 7.11 Å². The monoisotopic (exact) mass is 492 g/mol. The van der Waals surface area contributed by atoms with Crippen LogP contribution in [0.4, 0.5) is 0 Å². The van der Waals surface area contributed by atoms with Gasteiger partial charge in [0.25, 0.3) is 0 Å². The number of ketones is 1. The lowest BCUT2D eigenvalue weighted by Gasteiger charge is -2.09. The van der Waals surface area contributed by atoms with Gasteiger partial charge in [-0.05, 0) is 78.7 Å². The van der Waals surface area contributed by atoms with E-state index in [1.165, 1.54) is 19.3 Å². The lowest BCUT2D eigenvalue weighted by molar-refractivity contribution is 0.0734. The molecule has 162 valence electrons. The van der Waals surface area contributed by atoms with Gasteiger partial charge in [0.05, 0.1) is 12.7 Å². The van der Waals surface area contributed by atoms with Crippen molar-refractivity contribution in [3.63, 3.8) is 0 Å². The molecule has 0 aliphatic carbocycles. The maximum atomic E-state index is 12.6. The summed E-state index contributed by atoms with van der Waals surface area (Å²) < 4.78 is 11.5. The van der Waals surface area contributed by atoms with E-state index >= 15 is 0 Å². The van der Waals surface area contributed by atoms with Gasteiger partial charge in [0.15, 0.2) is 5.78 Å². The minimum absolute atomic E-state index is 0.110. The van der Waals surface area contributed by atoms with E-state index in [4.69, 9.17) is 9.47 Å². The number of carbonyl (C=O) groups excluding carboxylic acids is 2. The summed E-state index contributed by atoms with van der Waals surface area (Å²) in [6.45, 7) is 3.68. The highest BCUT2D eigenvalue weighted by molar-refractivity contribution is 9.10. The van der Waals surface area contributed by atoms with Gasteiger partial charge in [-0.3, -0.25) is 4.79 Å². The van der Waals surface area contributed by atoms with Gasteiger partial charge in [-0.15, -0.1) is 6.58 Å². The van der Waals surface area contributed by atoms with Crippen LogP contribution in [0.5, 0.6) is 17.2 Å². The van der Waals surface area contributed by atoms with Crippen LogP contribution < -0.4 is 9.47 Å². The molecule has 1 N–H and O–H groups in total. The lowest BCUT2D eigenvalue weighted by atomic mass is 10.0. The predicted octanol–water partition coefficient (Wildman–Crippen LogP) is 6.01. The van der Waals surface area contributed by atoms with Crippen molar-refractivity contribution in [2.24, 2.45) is 0 Å². The summed E-state index contributed by atoms with van der Waals surface area (Å²) in [5, 5.41) is 10.0. The van der Waals surface area contributed by atoms with Crippen LogP contribution in [0.25, 0.3) is 6.08 Å². The van der Waals surface area contributed by atoms with Crippen molar-refractivity contribution in [1.29, 1.82) is 0 Å². The number of halogens is 1. The molecule has 32 heavy (non-hydrogen) atoms. The van der Waals surface area contributed by atoms with Crippen molar-refractivity contribution in [2.45, 2.75) is 6.42 Å². The smallest absolute Gasteiger partial charge is 0.343 e. The molecule has 0 fully saturated rings. The molecule has 5 nitrogen and oxygen atoms in total. The Labute approximate surface area is 194 Å². The highest BCUT2D eigenvalue weighted by atomic mass is 79.9. The van der Waals surface area contributed by atoms with E-state index in [2.05, 4.69) is 22.5 Å². The van der Waals surface area contributed by atoms with Crippen LogP contribution in [0.2, 0.25) is 0 Å². The SMILES string of the molecule is C=CCc1cc(C=CC(=O)c2ccc(OC(=O)c3ccc(Br)cc3)cc2)c(OC)cc1O. The largest absolute Gasteiger partial charge is 0.508 e. The zero-order valence-corrected chi connectivity index (χ0v) is 19.0. The second kappa shape index (κ2) is 10.6. The maximum Gasteiger partial charge on any atom is 0.343 e. The van der Waals surface area contributed by atoms with Crippen molar-refractivity contribution < 1.29 is 24.2 Å². The van der Waals surface area contributed by atoms with E-state index in [-0.39, 0.29) is 11.5 Å². The Morgan fingerprint density at radius 1 is 1.03 bits per heavy atom. The zero-order chi connectivity index (χ0) is 23.1. The van der Waals surface area contributed by atoms with Gasteiger partial charge in [0, 0.05) is 21.7 Å². The quantitative estimate of drug-likeness (QED) is 0.137. The number of hydrogen-bond donors (Lipinski definition) is 1. The molecule has 0 aromatic heterocycles. The molecule has 0 radical (unpaired) electrons. The molecule has 0 saturated carbocycles. The van der Waals surface area contributed by atoms with Crippen LogP contribution >= 0.6 is 15.9 Å². The van der Waals surface area contributed by atoms with Crippen molar-refractivity contribution in [3.8, 4) is 17.2 Å². The summed E-state index contributed by atoms with van der Waals surface area (Å²) >= 11 is 3.32. The number of allylic oxidation sites excluding steroid dienone is 2. The number of phenols is 1. The first-order chi connectivity index (χ1) is 15.4. The van der Waals surface area contributed by atoms with Gasteiger partial charge in [-0.1, -0.05) is 22.0 Å². The number of carbonyl (C=O) groups is 2. The summed E-state index contributed by atoms with van der Waals surface area (Å²) in [4.78, 5) is 24.8. The van der Waals surface area contributed by atoms with Crippen LogP contribution in [0.15, 0.2) is 83.9 Å². The number of rotatable bonds is 8. The summed E-state index contributed by atoms with van der Waals surface area (Å²) in [7, 11) is 1.50. The third kappa shape index (κ3) is 5.74. The van der Waals surface area contributed by atoms with Gasteiger partial charge < -0.3 is 14.6 Å². The number of ether oxygens (including phenoxy) is 2. The standard InChI is InChI=1S/C26H21BrO5/c1-3-4-19-15-20(25(31-2)16-24(19)29)9-14-23(28)17-7-12-22(13-8-17)32-26(30)18-5-10-21(27)11-6-18/h3,5-16,29H,1,4H2,2H3. The fraction of sp³-hybridized carbons (Fsp3) is 0.0769. The molecule has 0 saturated heterocycles. The Hall–Kier alpha value is -3.64. The number of methoxy groups -OCH3 is 1. The molecular formula is C26H21BrO5. The van der Waals surface area contributed by atoms with Gasteiger partial charge >= 0.3 is 5.97 Å². The molecule has 0 amide bonds. The first-order valence-electron chi connectivity index (χ1n) is 9.72. The van der Waals surface area contributed by atoms with E-state index in [1.54, 1.807) is 66.7 Å². The Kier molecular flexibility index (Phi) is 7.63. The number of benzene rings is 3. The molecule has 0 aliphatic heterocycles. The third-order valence-electron chi connectivity index (χ3n) is 4.64. The Morgan fingerprint density at radius 2 is 1.69 bits per heavy atom. The number of hydrogen-bond acceptors (Lipinski definition) is 5. The van der Waals surface area contributed by atoms with E-state index in [1.807, 2.05) is 0 Å². The highest BCUT2D eigenvalue weighted by Gasteiger charge is 2.11. The first-order valence-corrected chi connectivity index (χ1v) is 10.5. The van der Waals surface area contributed by atoms with Gasteiger partial charge in [0.2, 0.25) is 0 Å². The fourth-order valence-corrected chi connectivity index (χ4v) is 3.22. The summed E-state index contributed by atoms with van der Waals surface area (Å²) in [6, 6.07) is 16.4. The average Bonchev–Trinajstić information content (AvgIpc) is 2.80. The van der Waals surface area contributed by atoms with E-state index in [9.17, 15) is 14.7 Å². The minimum Gasteiger partial charge on any atom is -0.508 e. The fourth-order valence-electron chi connectivity index (χ4n) is 2.96. The lowest BCUT2D eigenvalue weighted by Crippen LogP contribution is -2.08. The molecule has 3 rings (SSSR count). The Bertz CT molecular complexity index is 1160. The molecule has 0 atom stereocenters. The molecular weight excluding hydrogens is 472 g/mol. The summed E-state index contributed by atoms with van der Waals surface area (Å²) in [5.41, 5.74) is 2.21. The second-order valence-electron chi connectivity index (χ2n) is 6.83. The molecule has 3 aromatic rings. The minimum atomic E-state index is -0.480. The second-order valence-corrected chi connectivity index (χ2v) is 7.75. The molecule has 0 bridgehead atoms. The molecule has 6 heteroatoms. The zero-order valence-electron chi connectivity index (χ0n) is 17.4. The van der Waals surface area contributed by atoms with E-state index < -0.39 is 5.97 Å².